The highest BCUT2D eigenvalue weighted by molar-refractivity contribution is 6.06. The Labute approximate surface area is 282 Å². The highest BCUT2D eigenvalue weighted by Crippen LogP contribution is 2.77. The van der Waals surface area contributed by atoms with E-state index in [4.69, 9.17) is 0 Å². The second-order valence-corrected chi connectivity index (χ2v) is 13.2. The third-order valence-electron chi connectivity index (χ3n) is 10.5. The first-order valence-electron chi connectivity index (χ1n) is 16.1. The van der Waals surface area contributed by atoms with Crippen LogP contribution in [-0.2, 0) is 5.41 Å². The molecule has 48 heavy (non-hydrogen) atoms. The molecule has 228 valence electrons. The summed E-state index contributed by atoms with van der Waals surface area (Å²) in [5.74, 6) is -1.27. The highest BCUT2D eigenvalue weighted by atomic mass is 14.7. The van der Waals surface area contributed by atoms with Gasteiger partial charge < -0.3 is 0 Å². The van der Waals surface area contributed by atoms with E-state index in [0.717, 1.165) is 66.8 Å². The van der Waals surface area contributed by atoms with Gasteiger partial charge in [0, 0.05) is 23.2 Å². The van der Waals surface area contributed by atoms with Gasteiger partial charge in [0.05, 0.1) is 0 Å². The maximum Gasteiger partial charge on any atom is 0.133 e. The molecule has 4 aromatic rings. The number of allylic oxidation sites excluding steroid dienone is 8. The van der Waals surface area contributed by atoms with Gasteiger partial charge in [-0.25, -0.2) is 0 Å². The van der Waals surface area contributed by atoms with Crippen LogP contribution in [0.2, 0.25) is 0 Å². The van der Waals surface area contributed by atoms with Crippen molar-refractivity contribution in [1.29, 1.82) is 21.0 Å². The molecule has 0 aromatic heterocycles. The molecular weight excluding hydrogens is 585 g/mol. The standard InChI is InChI=1S/C44H32N4/c1-26-5-13-30(14-6-26)37-21-36(33(22-45)23-46)42-41-38(31-15-7-27(2)8-16-31)39(32-17-9-28(3)10-18-32)43(40(41)34(24-47)25-48)44(37,42)35-19-11-29(4)12-20-35/h5-21,41-43H,1-4H3/t41-,42-,43+,44-/m1/s1. The fourth-order valence-corrected chi connectivity index (χ4v) is 8.53. The molecule has 1 saturated carbocycles. The summed E-state index contributed by atoms with van der Waals surface area (Å²) < 4.78 is 0. The van der Waals surface area contributed by atoms with Gasteiger partial charge in [-0.2, -0.15) is 21.0 Å². The van der Waals surface area contributed by atoms with E-state index in [2.05, 4.69) is 155 Å². The Morgan fingerprint density at radius 2 is 0.938 bits per heavy atom. The van der Waals surface area contributed by atoms with Gasteiger partial charge in [0.2, 0.25) is 0 Å². The van der Waals surface area contributed by atoms with E-state index in [1.165, 1.54) is 0 Å². The maximum absolute atomic E-state index is 10.6. The van der Waals surface area contributed by atoms with Crippen molar-refractivity contribution in [2.24, 2.45) is 17.8 Å². The number of nitriles is 4. The second-order valence-electron chi connectivity index (χ2n) is 13.2. The minimum absolute atomic E-state index is 0.0566. The van der Waals surface area contributed by atoms with Gasteiger partial charge in [-0.15, -0.1) is 0 Å². The van der Waals surface area contributed by atoms with Crippen molar-refractivity contribution in [3.63, 3.8) is 0 Å². The molecule has 3 aliphatic rings. The lowest BCUT2D eigenvalue weighted by Gasteiger charge is -2.45. The predicted molar refractivity (Wildman–Crippen MR) is 188 cm³/mol. The van der Waals surface area contributed by atoms with Crippen molar-refractivity contribution < 1.29 is 0 Å². The first-order chi connectivity index (χ1) is 23.3. The largest absolute Gasteiger partial charge is 0.192 e. The molecule has 4 aromatic carbocycles. The quantitative estimate of drug-likeness (QED) is 0.213. The van der Waals surface area contributed by atoms with Crippen molar-refractivity contribution in [2.75, 3.05) is 0 Å². The SMILES string of the molecule is Cc1ccc(C2=CC(=C(C#N)C#N)[C@@H]3[C@@H]4C(c5ccc(C)cc5)=C(c5ccc(C)cc5)[C@@H](C4=C(C#N)C#N)[C@]23c2ccc(C)cc2)cc1. The van der Waals surface area contributed by atoms with Crippen molar-refractivity contribution in [3.8, 4) is 24.3 Å². The minimum Gasteiger partial charge on any atom is -0.192 e. The number of fused-ring (bicyclic) bond motifs is 5. The van der Waals surface area contributed by atoms with Crippen molar-refractivity contribution in [1.82, 2.24) is 0 Å². The average molecular weight is 617 g/mol. The van der Waals surface area contributed by atoms with Gasteiger partial charge in [0.1, 0.15) is 35.4 Å². The molecule has 7 rings (SSSR count). The first-order valence-corrected chi connectivity index (χ1v) is 16.1. The van der Waals surface area contributed by atoms with Gasteiger partial charge in [0.25, 0.3) is 0 Å². The summed E-state index contributed by atoms with van der Waals surface area (Å²) in [4.78, 5) is 0. The molecular formula is C44H32N4. The Balaban J connectivity index is 1.72. The van der Waals surface area contributed by atoms with Crippen LogP contribution >= 0.6 is 0 Å². The lowest BCUT2D eigenvalue weighted by atomic mass is 9.56. The number of nitrogens with zero attached hydrogens (tertiary/aromatic N) is 4. The zero-order valence-electron chi connectivity index (χ0n) is 27.3. The zero-order valence-corrected chi connectivity index (χ0v) is 27.3. The summed E-state index contributed by atoms with van der Waals surface area (Å²) in [5, 5.41) is 42.0. The Hall–Kier alpha value is -6.20. The van der Waals surface area contributed by atoms with E-state index in [-0.39, 0.29) is 11.1 Å². The fourth-order valence-electron chi connectivity index (χ4n) is 8.53. The smallest absolute Gasteiger partial charge is 0.133 e. The molecule has 0 spiro atoms. The van der Waals surface area contributed by atoms with E-state index < -0.39 is 23.2 Å². The van der Waals surface area contributed by atoms with Gasteiger partial charge >= 0.3 is 0 Å². The summed E-state index contributed by atoms with van der Waals surface area (Å²) in [5.41, 5.74) is 12.4. The zero-order chi connectivity index (χ0) is 33.7. The maximum atomic E-state index is 10.6. The summed E-state index contributed by atoms with van der Waals surface area (Å²) >= 11 is 0. The third-order valence-corrected chi connectivity index (χ3v) is 10.5. The number of hydrogen-bond donors (Lipinski definition) is 0. The summed E-state index contributed by atoms with van der Waals surface area (Å²) in [6, 6.07) is 42.8. The molecule has 0 aliphatic heterocycles. The van der Waals surface area contributed by atoms with Crippen LogP contribution in [0.25, 0.3) is 16.7 Å². The molecule has 0 amide bonds. The lowest BCUT2D eigenvalue weighted by Crippen LogP contribution is -2.40. The van der Waals surface area contributed by atoms with Crippen LogP contribution in [0.5, 0.6) is 0 Å². The summed E-state index contributed by atoms with van der Waals surface area (Å²) in [6.07, 6.45) is 2.07. The Morgan fingerprint density at radius 3 is 1.40 bits per heavy atom. The van der Waals surface area contributed by atoms with Crippen LogP contribution < -0.4 is 0 Å². The predicted octanol–water partition coefficient (Wildman–Crippen LogP) is 9.43. The lowest BCUT2D eigenvalue weighted by molar-refractivity contribution is 0.399. The van der Waals surface area contributed by atoms with E-state index in [0.29, 0.717) is 5.57 Å². The van der Waals surface area contributed by atoms with Crippen LogP contribution in [-0.4, -0.2) is 0 Å². The number of rotatable bonds is 4. The number of hydrogen-bond acceptors (Lipinski definition) is 4. The highest BCUT2D eigenvalue weighted by Gasteiger charge is 2.70. The van der Waals surface area contributed by atoms with Crippen LogP contribution in [0, 0.1) is 90.8 Å². The summed E-state index contributed by atoms with van der Waals surface area (Å²) in [6.45, 7) is 8.23. The molecule has 0 radical (unpaired) electrons. The van der Waals surface area contributed by atoms with E-state index in [1.54, 1.807) is 0 Å². The third kappa shape index (κ3) is 4.32. The van der Waals surface area contributed by atoms with Crippen molar-refractivity contribution >= 4 is 16.7 Å². The molecule has 0 heterocycles. The van der Waals surface area contributed by atoms with E-state index in [9.17, 15) is 21.0 Å². The molecule has 4 nitrogen and oxygen atoms in total. The molecule has 4 heteroatoms. The van der Waals surface area contributed by atoms with Gasteiger partial charge in [-0.1, -0.05) is 125 Å². The minimum atomic E-state index is -0.815. The summed E-state index contributed by atoms with van der Waals surface area (Å²) in [7, 11) is 0. The second kappa shape index (κ2) is 11.6. The van der Waals surface area contributed by atoms with Crippen LogP contribution in [0.3, 0.4) is 0 Å². The molecule has 0 saturated heterocycles. The van der Waals surface area contributed by atoms with Crippen LogP contribution in [0.4, 0.5) is 0 Å². The van der Waals surface area contributed by atoms with Crippen molar-refractivity contribution in [3.05, 3.63) is 170 Å². The average Bonchev–Trinajstić information content (AvgIpc) is 3.72. The normalized spacial score (nSPS) is 21.9. The Kier molecular flexibility index (Phi) is 7.33. The van der Waals surface area contributed by atoms with E-state index >= 15 is 0 Å². The van der Waals surface area contributed by atoms with Gasteiger partial charge in [-0.05, 0) is 77.8 Å². The number of aryl methyl sites for hydroxylation is 4. The number of benzene rings is 4. The topological polar surface area (TPSA) is 95.2 Å². The van der Waals surface area contributed by atoms with E-state index in [1.807, 2.05) is 0 Å². The van der Waals surface area contributed by atoms with Crippen LogP contribution in [0.1, 0.15) is 44.5 Å². The van der Waals surface area contributed by atoms with Crippen LogP contribution in [0.15, 0.2) is 125 Å². The van der Waals surface area contributed by atoms with Gasteiger partial charge in [0.15, 0.2) is 0 Å². The van der Waals surface area contributed by atoms with Crippen molar-refractivity contribution in [2.45, 2.75) is 33.1 Å². The monoisotopic (exact) mass is 616 g/mol. The molecule has 2 bridgehead atoms. The molecule has 0 unspecified atom stereocenters. The Morgan fingerprint density at radius 1 is 0.521 bits per heavy atom. The first kappa shape index (κ1) is 30.5. The Bertz CT molecular complexity index is 2250. The molecule has 4 atom stereocenters. The molecule has 0 N–H and O–H groups in total. The molecule has 1 fully saturated rings. The van der Waals surface area contributed by atoms with Gasteiger partial charge in [-0.3, -0.25) is 0 Å². The molecule has 3 aliphatic carbocycles. The fraction of sp³-hybridized carbons (Fsp3) is 0.182.